The highest BCUT2D eigenvalue weighted by atomic mass is 32.1. The largest absolute Gasteiger partial charge is 0.444 e. The van der Waals surface area contributed by atoms with Gasteiger partial charge in [-0.25, -0.2) is 4.79 Å². The molecule has 0 unspecified atom stereocenters. The van der Waals surface area contributed by atoms with Gasteiger partial charge in [0.25, 0.3) is 0 Å². The molecule has 0 radical (unpaired) electrons. The quantitative estimate of drug-likeness (QED) is 0.822. The minimum atomic E-state index is -0.484. The third kappa shape index (κ3) is 5.91. The van der Waals surface area contributed by atoms with Gasteiger partial charge in [0.2, 0.25) is 0 Å². The molecule has 1 aromatic heterocycles. The molecule has 1 amide bonds. The van der Waals surface area contributed by atoms with Gasteiger partial charge in [-0.15, -0.1) is 11.3 Å². The molecule has 3 nitrogen and oxygen atoms in total. The molecular weight excluding hydrogens is 306 g/mol. The number of ether oxygens (including phenoxy) is 1. The van der Waals surface area contributed by atoms with Gasteiger partial charge in [0.1, 0.15) is 5.60 Å². The van der Waals surface area contributed by atoms with Gasteiger partial charge in [-0.1, -0.05) is 36.4 Å². The molecule has 23 heavy (non-hydrogen) atoms. The molecular formula is C19H23NO2S. The number of hydrogen-bond acceptors (Lipinski definition) is 3. The van der Waals surface area contributed by atoms with Crippen molar-refractivity contribution >= 4 is 23.5 Å². The fraction of sp³-hybridized carbons (Fsp3) is 0.316. The fourth-order valence-electron chi connectivity index (χ4n) is 2.04. The third-order valence-corrected chi connectivity index (χ3v) is 3.93. The molecule has 122 valence electrons. The Morgan fingerprint density at radius 3 is 2.70 bits per heavy atom. The van der Waals surface area contributed by atoms with Gasteiger partial charge in [-0.3, -0.25) is 0 Å². The van der Waals surface area contributed by atoms with Gasteiger partial charge in [-0.2, -0.15) is 0 Å². The lowest BCUT2D eigenvalue weighted by atomic mass is 10.1. The molecule has 0 spiro atoms. The predicted octanol–water partition coefficient (Wildman–Crippen LogP) is 5.34. The topological polar surface area (TPSA) is 38.3 Å². The van der Waals surface area contributed by atoms with Crippen LogP contribution in [0.15, 0.2) is 47.9 Å². The predicted molar refractivity (Wildman–Crippen MR) is 97.6 cm³/mol. The number of alkyl carbamates (subject to hydrolysis) is 1. The molecule has 1 aromatic carbocycles. The van der Waals surface area contributed by atoms with E-state index in [1.165, 1.54) is 10.4 Å². The number of benzene rings is 1. The van der Waals surface area contributed by atoms with E-state index in [2.05, 4.69) is 35.0 Å². The molecule has 1 heterocycles. The van der Waals surface area contributed by atoms with Gasteiger partial charge < -0.3 is 10.1 Å². The van der Waals surface area contributed by atoms with Crippen LogP contribution < -0.4 is 5.32 Å². The SMILES string of the molecule is C[C@@H](/C=C/c1cccc(-c2cccs2)c1)NC(=O)OC(C)(C)C. The minimum Gasteiger partial charge on any atom is -0.444 e. The highest BCUT2D eigenvalue weighted by molar-refractivity contribution is 7.13. The lowest BCUT2D eigenvalue weighted by Gasteiger charge is -2.21. The monoisotopic (exact) mass is 329 g/mol. The Bertz CT molecular complexity index is 669. The summed E-state index contributed by atoms with van der Waals surface area (Å²) in [7, 11) is 0. The zero-order chi connectivity index (χ0) is 16.9. The average molecular weight is 329 g/mol. The summed E-state index contributed by atoms with van der Waals surface area (Å²) in [5, 5.41) is 4.88. The number of thiophene rings is 1. The third-order valence-electron chi connectivity index (χ3n) is 3.01. The van der Waals surface area contributed by atoms with Crippen molar-refractivity contribution in [1.29, 1.82) is 0 Å². The molecule has 2 rings (SSSR count). The first-order valence-electron chi connectivity index (χ1n) is 7.65. The number of hydrogen-bond donors (Lipinski definition) is 1. The van der Waals surface area contributed by atoms with Crippen LogP contribution in [0.2, 0.25) is 0 Å². The van der Waals surface area contributed by atoms with Gasteiger partial charge in [0, 0.05) is 10.9 Å². The summed E-state index contributed by atoms with van der Waals surface area (Å²) in [6.07, 6.45) is 3.57. The Morgan fingerprint density at radius 2 is 2.04 bits per heavy atom. The lowest BCUT2D eigenvalue weighted by Crippen LogP contribution is -2.36. The maximum Gasteiger partial charge on any atom is 0.408 e. The Kier molecular flexibility index (Phi) is 5.61. The molecule has 0 saturated heterocycles. The minimum absolute atomic E-state index is 0.102. The van der Waals surface area contributed by atoms with Crippen LogP contribution in [0.25, 0.3) is 16.5 Å². The number of nitrogens with one attached hydrogen (secondary N) is 1. The summed E-state index contributed by atoms with van der Waals surface area (Å²) < 4.78 is 5.25. The van der Waals surface area contributed by atoms with Crippen molar-refractivity contribution in [3.8, 4) is 10.4 Å². The van der Waals surface area contributed by atoms with Crippen molar-refractivity contribution < 1.29 is 9.53 Å². The molecule has 0 aliphatic rings. The first kappa shape index (κ1) is 17.3. The van der Waals surface area contributed by atoms with E-state index in [0.29, 0.717) is 0 Å². The van der Waals surface area contributed by atoms with Crippen LogP contribution in [-0.2, 0) is 4.74 Å². The van der Waals surface area contributed by atoms with Crippen LogP contribution in [-0.4, -0.2) is 17.7 Å². The molecule has 2 aromatic rings. The van der Waals surface area contributed by atoms with E-state index < -0.39 is 11.7 Å². The van der Waals surface area contributed by atoms with E-state index in [4.69, 9.17) is 4.74 Å². The molecule has 0 fully saturated rings. The highest BCUT2D eigenvalue weighted by Crippen LogP contribution is 2.25. The second kappa shape index (κ2) is 7.47. The van der Waals surface area contributed by atoms with Crippen molar-refractivity contribution in [3.05, 3.63) is 53.4 Å². The number of rotatable bonds is 4. The lowest BCUT2D eigenvalue weighted by molar-refractivity contribution is 0.0518. The van der Waals surface area contributed by atoms with E-state index in [-0.39, 0.29) is 6.04 Å². The van der Waals surface area contributed by atoms with Crippen molar-refractivity contribution in [2.24, 2.45) is 0 Å². The van der Waals surface area contributed by atoms with E-state index in [1.807, 2.05) is 52.0 Å². The van der Waals surface area contributed by atoms with Crippen LogP contribution in [0.1, 0.15) is 33.3 Å². The van der Waals surface area contributed by atoms with Crippen LogP contribution in [0.5, 0.6) is 0 Å². The van der Waals surface area contributed by atoms with Crippen LogP contribution in [0, 0.1) is 0 Å². The summed E-state index contributed by atoms with van der Waals surface area (Å²) in [5.41, 5.74) is 1.83. The maximum atomic E-state index is 11.7. The van der Waals surface area contributed by atoms with Crippen molar-refractivity contribution in [2.45, 2.75) is 39.3 Å². The van der Waals surface area contributed by atoms with E-state index in [1.54, 1.807) is 11.3 Å². The first-order valence-corrected chi connectivity index (χ1v) is 8.53. The van der Waals surface area contributed by atoms with E-state index >= 15 is 0 Å². The molecule has 0 saturated carbocycles. The van der Waals surface area contributed by atoms with E-state index in [9.17, 15) is 4.79 Å². The normalized spacial score (nSPS) is 13.0. The van der Waals surface area contributed by atoms with Gasteiger partial charge in [0.05, 0.1) is 0 Å². The van der Waals surface area contributed by atoms with E-state index in [0.717, 1.165) is 5.56 Å². The summed E-state index contributed by atoms with van der Waals surface area (Å²) in [6, 6.07) is 12.4. The molecule has 0 aliphatic carbocycles. The number of carbonyl (C=O) groups excluding carboxylic acids is 1. The average Bonchev–Trinajstić information content (AvgIpc) is 2.97. The summed E-state index contributed by atoms with van der Waals surface area (Å²) in [4.78, 5) is 13.0. The smallest absolute Gasteiger partial charge is 0.408 e. The Morgan fingerprint density at radius 1 is 1.26 bits per heavy atom. The molecule has 0 bridgehead atoms. The highest BCUT2D eigenvalue weighted by Gasteiger charge is 2.16. The molecule has 4 heteroatoms. The van der Waals surface area contributed by atoms with Crippen molar-refractivity contribution in [3.63, 3.8) is 0 Å². The Labute approximate surface area is 142 Å². The van der Waals surface area contributed by atoms with Gasteiger partial charge >= 0.3 is 6.09 Å². The second-order valence-corrected chi connectivity index (χ2v) is 7.34. The zero-order valence-corrected chi connectivity index (χ0v) is 14.8. The standard InChI is InChI=1S/C19H23NO2S/c1-14(20-18(21)22-19(2,3)4)10-11-15-7-5-8-16(13-15)17-9-6-12-23-17/h5-14H,1-4H3,(H,20,21)/b11-10+/t14-/m0/s1. The van der Waals surface area contributed by atoms with Crippen LogP contribution in [0.3, 0.4) is 0 Å². The second-order valence-electron chi connectivity index (χ2n) is 6.40. The molecule has 1 atom stereocenters. The number of carbonyl (C=O) groups is 1. The van der Waals surface area contributed by atoms with Crippen molar-refractivity contribution in [2.75, 3.05) is 0 Å². The Hall–Kier alpha value is -2.07. The summed E-state index contributed by atoms with van der Waals surface area (Å²) in [6.45, 7) is 7.47. The van der Waals surface area contributed by atoms with Crippen LogP contribution in [0.4, 0.5) is 4.79 Å². The summed E-state index contributed by atoms with van der Waals surface area (Å²) in [5.74, 6) is 0. The van der Waals surface area contributed by atoms with Gasteiger partial charge in [0.15, 0.2) is 0 Å². The molecule has 1 N–H and O–H groups in total. The zero-order valence-electron chi connectivity index (χ0n) is 14.0. The molecule has 0 aliphatic heterocycles. The number of amides is 1. The van der Waals surface area contributed by atoms with Crippen molar-refractivity contribution in [1.82, 2.24) is 5.32 Å². The first-order chi connectivity index (χ1) is 10.8. The Balaban J connectivity index is 1.97. The maximum absolute atomic E-state index is 11.7. The van der Waals surface area contributed by atoms with Crippen LogP contribution >= 0.6 is 11.3 Å². The summed E-state index contributed by atoms with van der Waals surface area (Å²) >= 11 is 1.73. The fourth-order valence-corrected chi connectivity index (χ4v) is 2.76. The van der Waals surface area contributed by atoms with Gasteiger partial charge in [-0.05, 0) is 56.3 Å².